The van der Waals surface area contributed by atoms with E-state index in [0.717, 1.165) is 16.7 Å². The first-order valence-corrected chi connectivity index (χ1v) is 3.70. The van der Waals surface area contributed by atoms with Gasteiger partial charge in [-0.25, -0.2) is 4.90 Å². The average Bonchev–Trinajstić information content (AvgIpc) is 2.20. The van der Waals surface area contributed by atoms with E-state index in [2.05, 4.69) is 4.74 Å². The van der Waals surface area contributed by atoms with Crippen molar-refractivity contribution in [1.29, 1.82) is 0 Å². The molecule has 0 N–H and O–H groups in total. The van der Waals surface area contributed by atoms with Crippen LogP contribution in [0.1, 0.15) is 0 Å². The van der Waals surface area contributed by atoms with Crippen molar-refractivity contribution in [3.63, 3.8) is 0 Å². The van der Waals surface area contributed by atoms with Crippen LogP contribution < -0.4 is 0 Å². The van der Waals surface area contributed by atoms with Gasteiger partial charge in [-0.05, 0) is 0 Å². The molecule has 0 aromatic heterocycles. The van der Waals surface area contributed by atoms with E-state index in [1.54, 1.807) is 0 Å². The van der Waals surface area contributed by atoms with Crippen LogP contribution in [0.2, 0.25) is 0 Å². The molecule has 0 aromatic rings. The molecule has 0 atom stereocenters. The third-order valence-corrected chi connectivity index (χ3v) is 1.96. The second-order valence-corrected chi connectivity index (χ2v) is 2.72. The monoisotopic (exact) mass is 161 g/mol. The zero-order valence-corrected chi connectivity index (χ0v) is 6.31. The molecule has 1 rings (SSSR count). The molecule has 2 amide bonds. The molecule has 0 unspecified atom stereocenters. The van der Waals surface area contributed by atoms with E-state index in [9.17, 15) is 9.59 Å². The largest absolute Gasteiger partial charge is 0.364 e. The van der Waals surface area contributed by atoms with Gasteiger partial charge in [0, 0.05) is 7.11 Å². The van der Waals surface area contributed by atoms with Gasteiger partial charge in [0.2, 0.25) is 5.91 Å². The van der Waals surface area contributed by atoms with Crippen LogP contribution >= 0.6 is 11.8 Å². The first-order chi connectivity index (χ1) is 4.75. The SMILES string of the molecule is COCN1C(=O)CSC1=O. The number of carbonyl (C=O) groups is 2. The van der Waals surface area contributed by atoms with Crippen LogP contribution in [0.3, 0.4) is 0 Å². The lowest BCUT2D eigenvalue weighted by molar-refractivity contribution is -0.127. The Balaban J connectivity index is 2.54. The first-order valence-electron chi connectivity index (χ1n) is 2.71. The minimum atomic E-state index is -0.216. The van der Waals surface area contributed by atoms with Crippen molar-refractivity contribution in [3.8, 4) is 0 Å². The molecule has 1 aliphatic rings. The van der Waals surface area contributed by atoms with Crippen molar-refractivity contribution in [3.05, 3.63) is 0 Å². The molecule has 1 fully saturated rings. The Labute approximate surface area is 62.5 Å². The van der Waals surface area contributed by atoms with Crippen LogP contribution in [-0.2, 0) is 9.53 Å². The fraction of sp³-hybridized carbons (Fsp3) is 0.600. The average molecular weight is 161 g/mol. The van der Waals surface area contributed by atoms with Crippen molar-refractivity contribution < 1.29 is 14.3 Å². The number of hydrogen-bond donors (Lipinski definition) is 0. The summed E-state index contributed by atoms with van der Waals surface area (Å²) in [5, 5.41) is -0.216. The number of nitrogens with zero attached hydrogens (tertiary/aromatic N) is 1. The molecule has 1 aliphatic heterocycles. The zero-order chi connectivity index (χ0) is 7.56. The molecular formula is C5H7NO3S. The van der Waals surface area contributed by atoms with Gasteiger partial charge in [-0.1, -0.05) is 11.8 Å². The van der Waals surface area contributed by atoms with E-state index in [1.807, 2.05) is 0 Å². The minimum absolute atomic E-state index is 0.0741. The van der Waals surface area contributed by atoms with E-state index < -0.39 is 0 Å². The third kappa shape index (κ3) is 1.30. The highest BCUT2D eigenvalue weighted by atomic mass is 32.2. The highest BCUT2D eigenvalue weighted by molar-refractivity contribution is 8.14. The number of ether oxygens (including phenoxy) is 1. The Hall–Kier alpha value is -0.550. The third-order valence-electron chi connectivity index (χ3n) is 1.10. The highest BCUT2D eigenvalue weighted by Crippen LogP contribution is 2.17. The lowest BCUT2D eigenvalue weighted by Crippen LogP contribution is -2.30. The van der Waals surface area contributed by atoms with Gasteiger partial charge in [-0.15, -0.1) is 0 Å². The summed E-state index contributed by atoms with van der Waals surface area (Å²) in [6.45, 7) is 0.0741. The highest BCUT2D eigenvalue weighted by Gasteiger charge is 2.29. The fourth-order valence-electron chi connectivity index (χ4n) is 0.635. The molecular weight excluding hydrogens is 154 g/mol. The van der Waals surface area contributed by atoms with Gasteiger partial charge >= 0.3 is 0 Å². The van der Waals surface area contributed by atoms with Crippen LogP contribution in [0.4, 0.5) is 4.79 Å². The zero-order valence-electron chi connectivity index (χ0n) is 5.49. The molecule has 1 saturated heterocycles. The number of amides is 2. The summed E-state index contributed by atoms with van der Waals surface area (Å²) in [6.07, 6.45) is 0. The van der Waals surface area contributed by atoms with Gasteiger partial charge < -0.3 is 4.74 Å². The van der Waals surface area contributed by atoms with Crippen LogP contribution in [0.15, 0.2) is 0 Å². The topological polar surface area (TPSA) is 46.6 Å². The maximum Gasteiger partial charge on any atom is 0.290 e. The van der Waals surface area contributed by atoms with Gasteiger partial charge in [0.05, 0.1) is 5.75 Å². The van der Waals surface area contributed by atoms with E-state index in [4.69, 9.17) is 0 Å². The van der Waals surface area contributed by atoms with E-state index in [1.165, 1.54) is 7.11 Å². The minimum Gasteiger partial charge on any atom is -0.364 e. The normalized spacial score (nSPS) is 18.7. The number of hydrogen-bond acceptors (Lipinski definition) is 4. The molecule has 56 valence electrons. The van der Waals surface area contributed by atoms with Crippen molar-refractivity contribution in [2.24, 2.45) is 0 Å². The Morgan fingerprint density at radius 3 is 2.80 bits per heavy atom. The van der Waals surface area contributed by atoms with E-state index in [-0.39, 0.29) is 23.6 Å². The summed E-state index contributed by atoms with van der Waals surface area (Å²) in [4.78, 5) is 22.6. The van der Waals surface area contributed by atoms with E-state index >= 15 is 0 Å². The maximum atomic E-state index is 10.8. The molecule has 0 radical (unpaired) electrons. The summed E-state index contributed by atoms with van der Waals surface area (Å²) in [5.74, 6) is 0.0826. The second kappa shape index (κ2) is 3.03. The summed E-state index contributed by atoms with van der Waals surface area (Å²) in [7, 11) is 1.45. The molecule has 10 heavy (non-hydrogen) atoms. The molecule has 0 saturated carbocycles. The van der Waals surface area contributed by atoms with Crippen molar-refractivity contribution in [1.82, 2.24) is 4.90 Å². The van der Waals surface area contributed by atoms with Crippen LogP contribution in [0.25, 0.3) is 0 Å². The van der Waals surface area contributed by atoms with Gasteiger partial charge in [0.25, 0.3) is 5.24 Å². The van der Waals surface area contributed by atoms with Gasteiger partial charge in [-0.2, -0.15) is 0 Å². The predicted molar refractivity (Wildman–Crippen MR) is 36.6 cm³/mol. The van der Waals surface area contributed by atoms with Gasteiger partial charge in [0.1, 0.15) is 6.73 Å². The molecule has 0 aliphatic carbocycles. The van der Waals surface area contributed by atoms with Crippen molar-refractivity contribution in [2.45, 2.75) is 0 Å². The Morgan fingerprint density at radius 2 is 2.40 bits per heavy atom. The summed E-state index contributed by atoms with van der Waals surface area (Å²) < 4.78 is 4.64. The lowest BCUT2D eigenvalue weighted by atomic mass is 10.6. The first kappa shape index (κ1) is 7.56. The Morgan fingerprint density at radius 1 is 1.70 bits per heavy atom. The molecule has 0 bridgehead atoms. The molecule has 1 heterocycles. The van der Waals surface area contributed by atoms with Crippen LogP contribution in [0, 0.1) is 0 Å². The van der Waals surface area contributed by atoms with Crippen molar-refractivity contribution in [2.75, 3.05) is 19.6 Å². The standard InChI is InChI=1S/C5H7NO3S/c1-9-3-6-4(7)2-10-5(6)8/h2-3H2,1H3. The smallest absolute Gasteiger partial charge is 0.290 e. The Kier molecular flexibility index (Phi) is 2.29. The Bertz CT molecular complexity index is 154. The molecule has 5 heteroatoms. The predicted octanol–water partition coefficient (Wildman–Crippen LogP) is 0.286. The van der Waals surface area contributed by atoms with E-state index in [0.29, 0.717) is 0 Å². The van der Waals surface area contributed by atoms with Crippen LogP contribution in [0.5, 0.6) is 0 Å². The van der Waals surface area contributed by atoms with Crippen LogP contribution in [-0.4, -0.2) is 35.6 Å². The molecule has 0 spiro atoms. The summed E-state index contributed by atoms with van der Waals surface area (Å²) in [5.41, 5.74) is 0. The van der Waals surface area contributed by atoms with Crippen molar-refractivity contribution >= 4 is 22.9 Å². The number of rotatable bonds is 2. The number of carbonyl (C=O) groups excluding carboxylic acids is 2. The quantitative estimate of drug-likeness (QED) is 0.583. The van der Waals surface area contributed by atoms with Gasteiger partial charge in [0.15, 0.2) is 0 Å². The molecule has 0 aromatic carbocycles. The molecule has 4 nitrogen and oxygen atoms in total. The summed E-state index contributed by atoms with van der Waals surface area (Å²) in [6, 6.07) is 0. The number of methoxy groups -OCH3 is 1. The number of imide groups is 1. The number of thioether (sulfide) groups is 1. The lowest BCUT2D eigenvalue weighted by Gasteiger charge is -2.09. The maximum absolute atomic E-state index is 10.8. The fourth-order valence-corrected chi connectivity index (χ4v) is 1.35. The second-order valence-electron chi connectivity index (χ2n) is 1.79. The van der Waals surface area contributed by atoms with Gasteiger partial charge in [-0.3, -0.25) is 9.59 Å². The summed E-state index contributed by atoms with van der Waals surface area (Å²) >= 11 is 1.01.